The van der Waals surface area contributed by atoms with Gasteiger partial charge in [-0.3, -0.25) is 0 Å². The fourth-order valence-electron chi connectivity index (χ4n) is 2.39. The van der Waals surface area contributed by atoms with Gasteiger partial charge in [-0.2, -0.15) is 0 Å². The van der Waals surface area contributed by atoms with Crippen LogP contribution in [0.4, 0.5) is 4.39 Å². The van der Waals surface area contributed by atoms with Crippen molar-refractivity contribution in [2.75, 3.05) is 13.7 Å². The van der Waals surface area contributed by atoms with Gasteiger partial charge in [0, 0.05) is 5.39 Å². The van der Waals surface area contributed by atoms with E-state index in [1.165, 1.54) is 12.1 Å². The maximum absolute atomic E-state index is 13.3. The summed E-state index contributed by atoms with van der Waals surface area (Å²) in [5.41, 5.74) is 0.685. The summed E-state index contributed by atoms with van der Waals surface area (Å²) in [6.07, 6.45) is 0. The molecule has 0 spiro atoms. The van der Waals surface area contributed by atoms with Gasteiger partial charge in [0.25, 0.3) is 0 Å². The van der Waals surface area contributed by atoms with Gasteiger partial charge in [-0.1, -0.05) is 6.92 Å². The number of nitrogens with one attached hydrogen (secondary N) is 1. The highest BCUT2D eigenvalue weighted by Gasteiger charge is 2.22. The van der Waals surface area contributed by atoms with Crippen molar-refractivity contribution in [3.05, 3.63) is 52.2 Å². The van der Waals surface area contributed by atoms with Crippen LogP contribution >= 0.6 is 11.3 Å². The topological polar surface area (TPSA) is 34.4 Å². The van der Waals surface area contributed by atoms with E-state index in [0.29, 0.717) is 5.58 Å². The first-order valence-corrected chi connectivity index (χ1v) is 7.64. The Hall–Kier alpha value is -1.85. The number of hydrogen-bond donors (Lipinski definition) is 1. The van der Waals surface area contributed by atoms with Gasteiger partial charge in [-0.25, -0.2) is 4.39 Å². The molecule has 1 atom stereocenters. The summed E-state index contributed by atoms with van der Waals surface area (Å²) in [6.45, 7) is 2.83. The lowest BCUT2D eigenvalue weighted by Gasteiger charge is -2.15. The van der Waals surface area contributed by atoms with Crippen molar-refractivity contribution < 1.29 is 13.5 Å². The Kier molecular flexibility index (Phi) is 3.94. The summed E-state index contributed by atoms with van der Waals surface area (Å²) < 4.78 is 24.6. The maximum Gasteiger partial charge on any atom is 0.134 e. The Morgan fingerprint density at radius 1 is 1.33 bits per heavy atom. The zero-order chi connectivity index (χ0) is 14.8. The fourth-order valence-corrected chi connectivity index (χ4v) is 3.33. The molecule has 3 aromatic rings. The molecule has 0 amide bonds. The quantitative estimate of drug-likeness (QED) is 0.761. The Morgan fingerprint density at radius 3 is 2.95 bits per heavy atom. The molecule has 0 fully saturated rings. The zero-order valence-corrected chi connectivity index (χ0v) is 12.7. The smallest absolute Gasteiger partial charge is 0.134 e. The van der Waals surface area contributed by atoms with Gasteiger partial charge >= 0.3 is 0 Å². The number of furan rings is 1. The zero-order valence-electron chi connectivity index (χ0n) is 11.9. The number of halogens is 1. The monoisotopic (exact) mass is 305 g/mol. The molecule has 0 radical (unpaired) electrons. The molecule has 2 heterocycles. The van der Waals surface area contributed by atoms with Crippen LogP contribution in [-0.4, -0.2) is 13.7 Å². The van der Waals surface area contributed by atoms with Crippen LogP contribution in [0.15, 0.2) is 40.1 Å². The number of ether oxygens (including phenoxy) is 1. The van der Waals surface area contributed by atoms with E-state index >= 15 is 0 Å². The second-order valence-corrected chi connectivity index (χ2v) is 5.62. The summed E-state index contributed by atoms with van der Waals surface area (Å²) in [4.78, 5) is 1.05. The molecule has 0 aliphatic rings. The van der Waals surface area contributed by atoms with Crippen molar-refractivity contribution >= 4 is 22.3 Å². The van der Waals surface area contributed by atoms with Gasteiger partial charge in [0.05, 0.1) is 12.0 Å². The van der Waals surface area contributed by atoms with Crippen molar-refractivity contribution in [1.82, 2.24) is 5.32 Å². The fraction of sp³-hybridized carbons (Fsp3) is 0.250. The number of hydrogen-bond acceptors (Lipinski definition) is 4. The molecule has 0 bridgehead atoms. The molecule has 0 saturated carbocycles. The summed E-state index contributed by atoms with van der Waals surface area (Å²) in [6, 6.07) is 8.27. The molecule has 110 valence electrons. The Morgan fingerprint density at radius 2 is 2.19 bits per heavy atom. The third kappa shape index (κ3) is 2.66. The van der Waals surface area contributed by atoms with E-state index in [0.717, 1.165) is 28.3 Å². The molecule has 5 heteroatoms. The minimum atomic E-state index is -0.261. The highest BCUT2D eigenvalue weighted by Crippen LogP contribution is 2.36. The van der Waals surface area contributed by atoms with E-state index in [-0.39, 0.29) is 11.9 Å². The molecule has 0 aliphatic heterocycles. The number of methoxy groups -OCH3 is 1. The van der Waals surface area contributed by atoms with E-state index in [4.69, 9.17) is 9.15 Å². The number of fused-ring (bicyclic) bond motifs is 1. The average molecular weight is 305 g/mol. The third-order valence-corrected chi connectivity index (χ3v) is 4.29. The lowest BCUT2D eigenvalue weighted by atomic mass is 10.1. The van der Waals surface area contributed by atoms with E-state index in [9.17, 15) is 4.39 Å². The first-order valence-electron chi connectivity index (χ1n) is 6.76. The van der Waals surface area contributed by atoms with Gasteiger partial charge in [0.2, 0.25) is 0 Å². The van der Waals surface area contributed by atoms with Gasteiger partial charge in [0.15, 0.2) is 0 Å². The second-order valence-electron chi connectivity index (χ2n) is 4.67. The molecule has 3 nitrogen and oxygen atoms in total. The minimum Gasteiger partial charge on any atom is -0.496 e. The molecule has 3 rings (SSSR count). The molecule has 0 aliphatic carbocycles. The van der Waals surface area contributed by atoms with E-state index in [2.05, 4.69) is 5.32 Å². The van der Waals surface area contributed by atoms with Crippen LogP contribution in [0.1, 0.15) is 23.6 Å². The molecular weight excluding hydrogens is 289 g/mol. The summed E-state index contributed by atoms with van der Waals surface area (Å²) in [7, 11) is 1.66. The van der Waals surface area contributed by atoms with Crippen LogP contribution in [0.2, 0.25) is 0 Å². The number of rotatable bonds is 5. The van der Waals surface area contributed by atoms with E-state index < -0.39 is 0 Å². The Labute approximate surface area is 126 Å². The predicted octanol–water partition coefficient (Wildman–Crippen LogP) is 4.34. The molecular formula is C16H16FNO2S. The van der Waals surface area contributed by atoms with Crippen molar-refractivity contribution in [1.29, 1.82) is 0 Å². The second kappa shape index (κ2) is 5.87. The molecule has 0 saturated heterocycles. The average Bonchev–Trinajstić information content (AvgIpc) is 3.10. The van der Waals surface area contributed by atoms with Crippen molar-refractivity contribution in [3.8, 4) is 5.75 Å². The van der Waals surface area contributed by atoms with Crippen LogP contribution in [0, 0.1) is 5.82 Å². The largest absolute Gasteiger partial charge is 0.496 e. The first-order chi connectivity index (χ1) is 10.2. The van der Waals surface area contributed by atoms with E-state index in [1.807, 2.05) is 24.4 Å². The van der Waals surface area contributed by atoms with Crippen molar-refractivity contribution in [2.24, 2.45) is 0 Å². The first kappa shape index (κ1) is 14.1. The van der Waals surface area contributed by atoms with Crippen LogP contribution in [0.3, 0.4) is 0 Å². The molecule has 1 unspecified atom stereocenters. The van der Waals surface area contributed by atoms with Crippen LogP contribution < -0.4 is 10.1 Å². The highest BCUT2D eigenvalue weighted by atomic mass is 32.1. The summed E-state index contributed by atoms with van der Waals surface area (Å²) >= 11 is 1.61. The molecule has 1 aromatic carbocycles. The van der Waals surface area contributed by atoms with E-state index in [1.54, 1.807) is 24.5 Å². The molecule has 1 N–H and O–H groups in total. The van der Waals surface area contributed by atoms with Crippen molar-refractivity contribution in [2.45, 2.75) is 13.0 Å². The van der Waals surface area contributed by atoms with Gasteiger partial charge in [-0.05, 0) is 42.3 Å². The maximum atomic E-state index is 13.3. The lowest BCUT2D eigenvalue weighted by Crippen LogP contribution is -2.21. The third-order valence-electron chi connectivity index (χ3n) is 3.33. The number of thiophene rings is 1. The van der Waals surface area contributed by atoms with Gasteiger partial charge < -0.3 is 14.5 Å². The minimum absolute atomic E-state index is 0.0968. The van der Waals surface area contributed by atoms with Gasteiger partial charge in [-0.15, -0.1) is 11.3 Å². The van der Waals surface area contributed by atoms with Crippen LogP contribution in [-0.2, 0) is 0 Å². The highest BCUT2D eigenvalue weighted by molar-refractivity contribution is 7.10. The standard InChI is InChI=1S/C16H16FNO2S/c1-3-18-15(16-13(19-2)6-7-21-16)14-9-10-8-11(17)4-5-12(10)20-14/h4-9,15,18H,3H2,1-2H3. The van der Waals surface area contributed by atoms with Crippen molar-refractivity contribution in [3.63, 3.8) is 0 Å². The Bertz CT molecular complexity index is 750. The molecule has 2 aromatic heterocycles. The Balaban J connectivity index is 2.06. The lowest BCUT2D eigenvalue weighted by molar-refractivity contribution is 0.401. The van der Waals surface area contributed by atoms with Crippen LogP contribution in [0.5, 0.6) is 5.75 Å². The SMILES string of the molecule is CCNC(c1cc2cc(F)ccc2o1)c1sccc1OC. The summed E-state index contributed by atoms with van der Waals surface area (Å²) in [5.74, 6) is 1.33. The van der Waals surface area contributed by atoms with Crippen LogP contribution in [0.25, 0.3) is 11.0 Å². The summed E-state index contributed by atoms with van der Waals surface area (Å²) in [5, 5.41) is 6.15. The molecule has 21 heavy (non-hydrogen) atoms. The number of benzene rings is 1. The van der Waals surface area contributed by atoms with Gasteiger partial charge in [0.1, 0.15) is 29.0 Å². The normalized spacial score (nSPS) is 12.7. The predicted molar refractivity (Wildman–Crippen MR) is 82.6 cm³/mol.